The van der Waals surface area contributed by atoms with Gasteiger partial charge >= 0.3 is 0 Å². The molecular formula is C12H10Cl2FN. The molecule has 0 aliphatic carbocycles. The minimum atomic E-state index is -0.536. The molecule has 0 aliphatic rings. The monoisotopic (exact) mass is 257 g/mol. The van der Waals surface area contributed by atoms with Gasteiger partial charge in [-0.25, -0.2) is 4.39 Å². The zero-order valence-electron chi connectivity index (χ0n) is 8.73. The zero-order valence-corrected chi connectivity index (χ0v) is 10.2. The number of allylic oxidation sites excluding steroid dienone is 1. The molecule has 16 heavy (non-hydrogen) atoms. The van der Waals surface area contributed by atoms with E-state index >= 15 is 0 Å². The van der Waals surface area contributed by atoms with Crippen molar-refractivity contribution in [3.05, 3.63) is 40.2 Å². The molecule has 0 bridgehead atoms. The van der Waals surface area contributed by atoms with E-state index in [4.69, 9.17) is 28.5 Å². The van der Waals surface area contributed by atoms with Crippen LogP contribution in [0.15, 0.2) is 23.8 Å². The summed E-state index contributed by atoms with van der Waals surface area (Å²) in [4.78, 5) is 0. The second-order valence-corrected chi connectivity index (χ2v) is 4.01. The van der Waals surface area contributed by atoms with Crippen molar-refractivity contribution >= 4 is 28.2 Å². The van der Waals surface area contributed by atoms with E-state index in [0.29, 0.717) is 17.6 Å². The maximum Gasteiger partial charge on any atom is 0.142 e. The lowest BCUT2D eigenvalue weighted by atomic mass is 10.1. The van der Waals surface area contributed by atoms with E-state index in [0.717, 1.165) is 6.42 Å². The van der Waals surface area contributed by atoms with E-state index in [1.54, 1.807) is 6.07 Å². The van der Waals surface area contributed by atoms with E-state index in [1.807, 2.05) is 13.0 Å². The fourth-order valence-electron chi connectivity index (χ4n) is 1.30. The third kappa shape index (κ3) is 2.75. The molecule has 0 unspecified atom stereocenters. The highest BCUT2D eigenvalue weighted by Gasteiger charge is 2.12. The van der Waals surface area contributed by atoms with Gasteiger partial charge in [0, 0.05) is 11.1 Å². The molecule has 0 radical (unpaired) electrons. The summed E-state index contributed by atoms with van der Waals surface area (Å²) in [6.07, 6.45) is 1.36. The van der Waals surface area contributed by atoms with Crippen LogP contribution in [0.4, 0.5) is 4.39 Å². The van der Waals surface area contributed by atoms with Crippen LogP contribution in [0.2, 0.25) is 5.02 Å². The molecule has 0 N–H and O–H groups in total. The highest BCUT2D eigenvalue weighted by molar-refractivity contribution is 6.51. The van der Waals surface area contributed by atoms with Crippen LogP contribution in [0.25, 0.3) is 5.03 Å². The first-order valence-electron chi connectivity index (χ1n) is 4.85. The fraction of sp³-hybridized carbons (Fsp3) is 0.250. The lowest BCUT2D eigenvalue weighted by molar-refractivity contribution is 0.628. The summed E-state index contributed by atoms with van der Waals surface area (Å²) < 4.78 is 13.2. The van der Waals surface area contributed by atoms with Gasteiger partial charge in [0.25, 0.3) is 0 Å². The molecule has 1 rings (SSSR count). The molecule has 0 spiro atoms. The van der Waals surface area contributed by atoms with E-state index in [9.17, 15) is 4.39 Å². The van der Waals surface area contributed by atoms with Gasteiger partial charge in [0.15, 0.2) is 0 Å². The molecule has 0 fully saturated rings. The molecule has 0 aliphatic heterocycles. The van der Waals surface area contributed by atoms with Crippen molar-refractivity contribution < 1.29 is 4.39 Å². The quantitative estimate of drug-likeness (QED) is 0.717. The molecule has 0 saturated carbocycles. The molecule has 0 aromatic heterocycles. The Morgan fingerprint density at radius 2 is 2.19 bits per heavy atom. The average Bonchev–Trinajstić information content (AvgIpc) is 2.29. The van der Waals surface area contributed by atoms with Crippen LogP contribution in [-0.4, -0.2) is 0 Å². The average molecular weight is 258 g/mol. The Labute approximate surface area is 104 Å². The number of hydrogen-bond acceptors (Lipinski definition) is 1. The van der Waals surface area contributed by atoms with Crippen molar-refractivity contribution in [2.45, 2.75) is 19.8 Å². The number of nitrogens with zero attached hydrogens (tertiary/aromatic N) is 1. The predicted octanol–water partition coefficient (Wildman–Crippen LogP) is 4.75. The summed E-state index contributed by atoms with van der Waals surface area (Å²) in [6, 6.07) is 6.38. The third-order valence-electron chi connectivity index (χ3n) is 2.09. The number of halogens is 3. The summed E-state index contributed by atoms with van der Waals surface area (Å²) >= 11 is 11.8. The van der Waals surface area contributed by atoms with Gasteiger partial charge < -0.3 is 0 Å². The van der Waals surface area contributed by atoms with Gasteiger partial charge in [0.1, 0.15) is 5.82 Å². The summed E-state index contributed by atoms with van der Waals surface area (Å²) in [5.41, 5.74) is 0.796. The molecule has 1 aromatic carbocycles. The molecule has 0 amide bonds. The van der Waals surface area contributed by atoms with Gasteiger partial charge in [0.05, 0.1) is 16.1 Å². The standard InChI is InChI=1S/C12H10Cl2FN/c1-2-4-8(7-16)11(13)9-5-3-6-10(15)12(9)14/h3,5-6H,2,4H2,1H3/b11-8-. The number of nitriles is 1. The predicted molar refractivity (Wildman–Crippen MR) is 64.7 cm³/mol. The Balaban J connectivity index is 3.28. The molecule has 84 valence electrons. The molecule has 4 heteroatoms. The maximum absolute atomic E-state index is 13.2. The van der Waals surface area contributed by atoms with Crippen molar-refractivity contribution in [3.8, 4) is 6.07 Å². The topological polar surface area (TPSA) is 23.8 Å². The number of hydrogen-bond donors (Lipinski definition) is 0. The Bertz CT molecular complexity index is 461. The Kier molecular flexibility index (Phi) is 4.79. The summed E-state index contributed by atoms with van der Waals surface area (Å²) in [7, 11) is 0. The largest absolute Gasteiger partial charge is 0.205 e. The van der Waals surface area contributed by atoms with Crippen molar-refractivity contribution in [1.29, 1.82) is 5.26 Å². The molecule has 1 aromatic rings. The lowest BCUT2D eigenvalue weighted by Gasteiger charge is -2.05. The van der Waals surface area contributed by atoms with Crippen molar-refractivity contribution in [1.82, 2.24) is 0 Å². The van der Waals surface area contributed by atoms with Crippen molar-refractivity contribution in [2.75, 3.05) is 0 Å². The highest BCUT2D eigenvalue weighted by atomic mass is 35.5. The first-order valence-corrected chi connectivity index (χ1v) is 5.60. The van der Waals surface area contributed by atoms with Crippen LogP contribution >= 0.6 is 23.2 Å². The van der Waals surface area contributed by atoms with Gasteiger partial charge in [-0.1, -0.05) is 48.7 Å². The van der Waals surface area contributed by atoms with Gasteiger partial charge in [-0.3, -0.25) is 0 Å². The Hall–Kier alpha value is -1.04. The van der Waals surface area contributed by atoms with Crippen LogP contribution in [0.3, 0.4) is 0 Å². The Morgan fingerprint density at radius 3 is 2.75 bits per heavy atom. The summed E-state index contributed by atoms with van der Waals surface area (Å²) in [6.45, 7) is 1.94. The zero-order chi connectivity index (χ0) is 12.1. The normalized spacial score (nSPS) is 11.9. The number of rotatable bonds is 3. The smallest absolute Gasteiger partial charge is 0.142 e. The molecule has 0 heterocycles. The van der Waals surface area contributed by atoms with Crippen LogP contribution in [0.5, 0.6) is 0 Å². The third-order valence-corrected chi connectivity index (χ3v) is 2.90. The summed E-state index contributed by atoms with van der Waals surface area (Å²) in [5.74, 6) is -0.536. The second kappa shape index (κ2) is 5.89. The fourth-order valence-corrected chi connectivity index (χ4v) is 1.86. The first kappa shape index (κ1) is 13.0. The molecule has 0 atom stereocenters. The van der Waals surface area contributed by atoms with E-state index in [-0.39, 0.29) is 10.1 Å². The molecular weight excluding hydrogens is 248 g/mol. The van der Waals surface area contributed by atoms with Crippen molar-refractivity contribution in [2.24, 2.45) is 0 Å². The van der Waals surface area contributed by atoms with Gasteiger partial charge in [-0.2, -0.15) is 5.26 Å². The van der Waals surface area contributed by atoms with Crippen LogP contribution < -0.4 is 0 Å². The molecule has 0 saturated heterocycles. The van der Waals surface area contributed by atoms with Crippen molar-refractivity contribution in [3.63, 3.8) is 0 Å². The maximum atomic E-state index is 13.2. The number of benzene rings is 1. The molecule has 1 nitrogen and oxygen atoms in total. The second-order valence-electron chi connectivity index (χ2n) is 3.26. The van der Waals surface area contributed by atoms with Gasteiger partial charge in [-0.05, 0) is 12.5 Å². The van der Waals surface area contributed by atoms with Crippen LogP contribution in [-0.2, 0) is 0 Å². The Morgan fingerprint density at radius 1 is 1.50 bits per heavy atom. The SMILES string of the molecule is CCC/C(C#N)=C(/Cl)c1cccc(F)c1Cl. The minimum Gasteiger partial charge on any atom is -0.205 e. The van der Waals surface area contributed by atoms with Gasteiger partial charge in [0.2, 0.25) is 0 Å². The summed E-state index contributed by atoms with van der Waals surface area (Å²) in [5, 5.41) is 9.11. The lowest BCUT2D eigenvalue weighted by Crippen LogP contribution is -1.89. The van der Waals surface area contributed by atoms with E-state index in [1.165, 1.54) is 12.1 Å². The first-order chi connectivity index (χ1) is 7.61. The van der Waals surface area contributed by atoms with Crippen LogP contribution in [0, 0.1) is 17.1 Å². The highest BCUT2D eigenvalue weighted by Crippen LogP contribution is 2.32. The van der Waals surface area contributed by atoms with E-state index in [2.05, 4.69) is 0 Å². The van der Waals surface area contributed by atoms with Crippen LogP contribution in [0.1, 0.15) is 25.3 Å². The van der Waals surface area contributed by atoms with E-state index < -0.39 is 5.82 Å². The minimum absolute atomic E-state index is 0.0450. The van der Waals surface area contributed by atoms with Gasteiger partial charge in [-0.15, -0.1) is 0 Å².